The van der Waals surface area contributed by atoms with E-state index in [4.69, 9.17) is 0 Å². The van der Waals surface area contributed by atoms with Gasteiger partial charge in [-0.25, -0.2) is 0 Å². The lowest BCUT2D eigenvalue weighted by molar-refractivity contribution is -0.337. The number of rotatable bonds is 2. The van der Waals surface area contributed by atoms with Crippen molar-refractivity contribution < 1.29 is 50.2 Å². The normalized spacial score (nSPS) is 20.2. The first-order valence-electron chi connectivity index (χ1n) is 2.80. The van der Waals surface area contributed by atoms with Gasteiger partial charge in [-0.1, -0.05) is 19.4 Å². The maximum absolute atomic E-state index is 12.3. The SMILES string of the molecule is FC(F)(F)C(F)(F)C(F)(F)S(F)(F)(F)(F)F. The van der Waals surface area contributed by atoms with Crippen molar-refractivity contribution >= 4 is 10.2 Å². The van der Waals surface area contributed by atoms with E-state index in [1.807, 2.05) is 0 Å². The van der Waals surface area contributed by atoms with Crippen molar-refractivity contribution in [2.24, 2.45) is 0 Å². The third-order valence-corrected chi connectivity index (χ3v) is 2.43. The first-order chi connectivity index (χ1) is 6.25. The average Bonchev–Trinajstić information content (AvgIpc) is 1.77. The number of hydrogen-bond donors (Lipinski definition) is 0. The van der Waals surface area contributed by atoms with Crippen LogP contribution in [0.25, 0.3) is 0 Å². The number of alkyl halides is 7. The molecule has 0 bridgehead atoms. The van der Waals surface area contributed by atoms with Crippen LogP contribution in [-0.2, 0) is 0 Å². The molecule has 0 saturated heterocycles. The second kappa shape index (κ2) is 2.51. The first-order valence-corrected chi connectivity index (χ1v) is 4.75. The molecular formula is C3F12S. The zero-order valence-electron chi connectivity index (χ0n) is 6.44. The van der Waals surface area contributed by atoms with Gasteiger partial charge < -0.3 is 0 Å². The molecule has 0 aliphatic carbocycles. The Morgan fingerprint density at radius 2 is 0.812 bits per heavy atom. The van der Waals surface area contributed by atoms with Gasteiger partial charge in [-0.15, -0.1) is 0 Å². The monoisotopic (exact) mass is 296 g/mol. The fourth-order valence-electron chi connectivity index (χ4n) is 0.407. The fourth-order valence-corrected chi connectivity index (χ4v) is 1.01. The summed E-state index contributed by atoms with van der Waals surface area (Å²) >= 11 is 0. The number of halogens is 12. The Labute approximate surface area is 78.9 Å². The molecule has 0 spiro atoms. The van der Waals surface area contributed by atoms with Crippen molar-refractivity contribution in [1.29, 1.82) is 0 Å². The molecule has 0 radical (unpaired) electrons. The third-order valence-electron chi connectivity index (χ3n) is 1.21. The Morgan fingerprint density at radius 3 is 0.875 bits per heavy atom. The van der Waals surface area contributed by atoms with Crippen LogP contribution in [0.1, 0.15) is 0 Å². The van der Waals surface area contributed by atoms with Gasteiger partial charge in [0, 0.05) is 0 Å². The maximum atomic E-state index is 11.7. The molecule has 0 unspecified atom stereocenters. The smallest absolute Gasteiger partial charge is 0.188 e. The fraction of sp³-hybridized carbons (Fsp3) is 1.00. The summed E-state index contributed by atoms with van der Waals surface area (Å²) in [6.45, 7) is 0. The minimum atomic E-state index is -12.3. The molecule has 0 aromatic carbocycles. The van der Waals surface area contributed by atoms with Gasteiger partial charge in [0.05, 0.1) is 0 Å². The molecule has 13 heteroatoms. The van der Waals surface area contributed by atoms with E-state index in [1.54, 1.807) is 0 Å². The van der Waals surface area contributed by atoms with Gasteiger partial charge >= 0.3 is 27.6 Å². The predicted molar refractivity (Wildman–Crippen MR) is 29.1 cm³/mol. The zero-order valence-corrected chi connectivity index (χ0v) is 7.26. The van der Waals surface area contributed by atoms with Gasteiger partial charge in [-0.05, 0) is 0 Å². The molecule has 0 aromatic heterocycles. The van der Waals surface area contributed by atoms with Crippen LogP contribution in [0.2, 0.25) is 0 Å². The van der Waals surface area contributed by atoms with E-state index in [0.717, 1.165) is 0 Å². The van der Waals surface area contributed by atoms with E-state index < -0.39 is 27.6 Å². The summed E-state index contributed by atoms with van der Waals surface area (Å²) in [6, 6.07) is 0. The minimum Gasteiger partial charge on any atom is -0.188 e. The highest BCUT2D eigenvalue weighted by Crippen LogP contribution is 3.06. The first kappa shape index (κ1) is 15.5. The van der Waals surface area contributed by atoms with Crippen LogP contribution < -0.4 is 0 Å². The Morgan fingerprint density at radius 1 is 0.562 bits per heavy atom. The topological polar surface area (TPSA) is 0 Å². The van der Waals surface area contributed by atoms with Gasteiger partial charge in [0.15, 0.2) is 0 Å². The number of hydrogen-bond acceptors (Lipinski definition) is 0. The molecule has 0 rings (SSSR count). The van der Waals surface area contributed by atoms with Crippen LogP contribution in [0.4, 0.5) is 50.2 Å². The maximum Gasteiger partial charge on any atom is 0.461 e. The van der Waals surface area contributed by atoms with Gasteiger partial charge in [0.2, 0.25) is 0 Å². The van der Waals surface area contributed by atoms with Crippen molar-refractivity contribution in [3.8, 4) is 0 Å². The Hall–Kier alpha value is -0.490. The summed E-state index contributed by atoms with van der Waals surface area (Å²) < 4.78 is 137. The summed E-state index contributed by atoms with van der Waals surface area (Å²) in [7, 11) is -12.3. The van der Waals surface area contributed by atoms with E-state index in [-0.39, 0.29) is 0 Å². The quantitative estimate of drug-likeness (QED) is 0.624. The van der Waals surface area contributed by atoms with E-state index in [9.17, 15) is 50.2 Å². The van der Waals surface area contributed by atoms with Crippen LogP contribution in [0.5, 0.6) is 0 Å². The highest BCUT2D eigenvalue weighted by Gasteiger charge is 2.96. The molecule has 0 nitrogen and oxygen atoms in total. The van der Waals surface area contributed by atoms with Crippen LogP contribution in [0.15, 0.2) is 0 Å². The molecule has 0 amide bonds. The standard InChI is InChI=1S/C3F12S/c4-1(5,2(6,7)8)3(9,10)16(11,12,13,14)15. The predicted octanol–water partition coefficient (Wildman–Crippen LogP) is 5.08. The van der Waals surface area contributed by atoms with Crippen LogP contribution in [0, 0.1) is 0 Å². The molecule has 0 aliphatic heterocycles. The van der Waals surface area contributed by atoms with Gasteiger partial charge in [-0.2, -0.15) is 30.7 Å². The molecule has 0 aromatic rings. The van der Waals surface area contributed by atoms with Crippen molar-refractivity contribution in [3.05, 3.63) is 0 Å². The van der Waals surface area contributed by atoms with Crippen LogP contribution in [-0.4, -0.2) is 17.4 Å². The van der Waals surface area contributed by atoms with Crippen molar-refractivity contribution in [3.63, 3.8) is 0 Å². The molecule has 16 heavy (non-hydrogen) atoms. The lowest BCUT2D eigenvalue weighted by Gasteiger charge is -2.48. The van der Waals surface area contributed by atoms with Crippen molar-refractivity contribution in [2.75, 3.05) is 0 Å². The molecule has 0 heterocycles. The van der Waals surface area contributed by atoms with Gasteiger partial charge in [0.1, 0.15) is 0 Å². The highest BCUT2D eigenvalue weighted by atomic mass is 32.5. The summed E-state index contributed by atoms with van der Waals surface area (Å²) in [4.78, 5) is 0. The summed E-state index contributed by atoms with van der Waals surface area (Å²) in [5.74, 6) is -7.91. The van der Waals surface area contributed by atoms with Crippen molar-refractivity contribution in [2.45, 2.75) is 17.4 Å². The second-order valence-corrected chi connectivity index (χ2v) is 5.01. The molecule has 0 saturated carbocycles. The lowest BCUT2D eigenvalue weighted by Crippen LogP contribution is -2.57. The van der Waals surface area contributed by atoms with Gasteiger partial charge in [0.25, 0.3) is 0 Å². The summed E-state index contributed by atoms with van der Waals surface area (Å²) in [5.41, 5.74) is 0. The third kappa shape index (κ3) is 2.00. The minimum absolute atomic E-state index is 7.47. The Balaban J connectivity index is 5.96. The van der Waals surface area contributed by atoms with E-state index in [1.165, 1.54) is 0 Å². The molecule has 0 aliphatic rings. The van der Waals surface area contributed by atoms with Crippen molar-refractivity contribution in [1.82, 2.24) is 0 Å². The Kier molecular flexibility index (Phi) is 2.43. The highest BCUT2D eigenvalue weighted by molar-refractivity contribution is 8.46. The van der Waals surface area contributed by atoms with E-state index >= 15 is 0 Å². The van der Waals surface area contributed by atoms with E-state index in [2.05, 4.69) is 0 Å². The lowest BCUT2D eigenvalue weighted by atomic mass is 10.3. The molecule has 0 atom stereocenters. The van der Waals surface area contributed by atoms with Crippen LogP contribution in [0.3, 0.4) is 0 Å². The summed E-state index contributed by atoms with van der Waals surface area (Å²) in [5, 5.41) is -8.48. The van der Waals surface area contributed by atoms with Gasteiger partial charge in [-0.3, -0.25) is 0 Å². The van der Waals surface area contributed by atoms with Crippen LogP contribution >= 0.6 is 10.2 Å². The molecular weight excluding hydrogens is 296 g/mol. The van der Waals surface area contributed by atoms with E-state index in [0.29, 0.717) is 0 Å². The molecule has 102 valence electrons. The zero-order chi connectivity index (χ0) is 13.9. The Bertz CT molecular complexity index is 287. The largest absolute Gasteiger partial charge is 0.461 e. The average molecular weight is 296 g/mol. The molecule has 0 fully saturated rings. The molecule has 0 N–H and O–H groups in total. The summed E-state index contributed by atoms with van der Waals surface area (Å²) in [6.07, 6.45) is -7.47. The second-order valence-electron chi connectivity index (χ2n) is 2.56.